The highest BCUT2D eigenvalue weighted by molar-refractivity contribution is 7.90. The zero-order chi connectivity index (χ0) is 11.8. The number of imidazole rings is 1. The summed E-state index contributed by atoms with van der Waals surface area (Å²) in [7, 11) is -3.33. The number of anilines is 1. The van der Waals surface area contributed by atoms with Crippen LogP contribution in [-0.2, 0) is 9.84 Å². The molecule has 0 bridgehead atoms. The largest absolute Gasteiger partial charge is 0.399 e. The molecule has 1 aromatic heterocycles. The van der Waals surface area contributed by atoms with Crippen LogP contribution < -0.4 is 5.73 Å². The Hall–Kier alpha value is -1.82. The van der Waals surface area contributed by atoms with E-state index in [-0.39, 0.29) is 5.16 Å². The summed E-state index contributed by atoms with van der Waals surface area (Å²) in [5.41, 5.74) is 6.91. The Morgan fingerprint density at radius 3 is 2.44 bits per heavy atom. The smallest absolute Gasteiger partial charge is 0.231 e. The Bertz CT molecular complexity index is 599. The Kier molecular flexibility index (Phi) is 2.43. The van der Waals surface area contributed by atoms with Gasteiger partial charge in [-0.2, -0.15) is 0 Å². The summed E-state index contributed by atoms with van der Waals surface area (Å²) in [6.45, 7) is 0. The zero-order valence-electron chi connectivity index (χ0n) is 8.66. The first-order valence-electron chi connectivity index (χ1n) is 4.58. The van der Waals surface area contributed by atoms with Crippen LogP contribution in [0.2, 0.25) is 0 Å². The van der Waals surface area contributed by atoms with E-state index in [0.717, 1.165) is 6.26 Å². The third-order valence-corrected chi connectivity index (χ3v) is 3.08. The number of nitrogen functional groups attached to an aromatic ring is 1. The average Bonchev–Trinajstić information content (AvgIpc) is 2.66. The van der Waals surface area contributed by atoms with Gasteiger partial charge in [0.15, 0.2) is 0 Å². The van der Waals surface area contributed by atoms with E-state index < -0.39 is 9.84 Å². The minimum atomic E-state index is -3.33. The minimum absolute atomic E-state index is 0.0253. The molecule has 0 fully saturated rings. The van der Waals surface area contributed by atoms with Crippen LogP contribution in [0.5, 0.6) is 0 Å². The third-order valence-electron chi connectivity index (χ3n) is 2.11. The molecule has 84 valence electrons. The molecule has 0 aliphatic heterocycles. The van der Waals surface area contributed by atoms with Crippen molar-refractivity contribution in [1.29, 1.82) is 0 Å². The van der Waals surface area contributed by atoms with Gasteiger partial charge in [-0.25, -0.2) is 13.4 Å². The maximum Gasteiger partial charge on any atom is 0.231 e. The second-order valence-electron chi connectivity index (χ2n) is 3.44. The normalized spacial score (nSPS) is 11.6. The van der Waals surface area contributed by atoms with Crippen LogP contribution in [-0.4, -0.2) is 24.2 Å². The van der Waals surface area contributed by atoms with E-state index in [0.29, 0.717) is 11.4 Å². The molecule has 0 atom stereocenters. The molecule has 6 heteroatoms. The van der Waals surface area contributed by atoms with Gasteiger partial charge < -0.3 is 5.73 Å². The SMILES string of the molecule is CS(=O)(=O)c1nccn1-c1ccc(N)cc1. The molecule has 0 aliphatic carbocycles. The summed E-state index contributed by atoms with van der Waals surface area (Å²) >= 11 is 0. The van der Waals surface area contributed by atoms with Gasteiger partial charge >= 0.3 is 0 Å². The Morgan fingerprint density at radius 1 is 1.25 bits per heavy atom. The van der Waals surface area contributed by atoms with Gasteiger partial charge in [0.1, 0.15) is 0 Å². The lowest BCUT2D eigenvalue weighted by atomic mass is 10.3. The highest BCUT2D eigenvalue weighted by Gasteiger charge is 2.15. The topological polar surface area (TPSA) is 78.0 Å². The first kappa shape index (κ1) is 10.7. The summed E-state index contributed by atoms with van der Waals surface area (Å²) in [6, 6.07) is 6.90. The van der Waals surface area contributed by atoms with Gasteiger partial charge in [0.05, 0.1) is 0 Å². The summed E-state index contributed by atoms with van der Waals surface area (Å²) in [5.74, 6) is 0. The predicted octanol–water partition coefficient (Wildman–Crippen LogP) is 0.858. The molecule has 2 N–H and O–H groups in total. The second kappa shape index (κ2) is 3.64. The van der Waals surface area contributed by atoms with Crippen LogP contribution in [0.25, 0.3) is 5.69 Å². The van der Waals surface area contributed by atoms with E-state index >= 15 is 0 Å². The van der Waals surface area contributed by atoms with Crippen LogP contribution in [0, 0.1) is 0 Å². The van der Waals surface area contributed by atoms with Crippen LogP contribution in [0.4, 0.5) is 5.69 Å². The number of hydrogen-bond donors (Lipinski definition) is 1. The second-order valence-corrected chi connectivity index (χ2v) is 5.35. The summed E-state index contributed by atoms with van der Waals surface area (Å²) in [4.78, 5) is 3.83. The molecule has 16 heavy (non-hydrogen) atoms. The van der Waals surface area contributed by atoms with E-state index in [1.54, 1.807) is 30.5 Å². The highest BCUT2D eigenvalue weighted by Crippen LogP contribution is 2.15. The Labute approximate surface area is 93.5 Å². The molecule has 1 aromatic carbocycles. The van der Waals surface area contributed by atoms with Crippen molar-refractivity contribution >= 4 is 15.5 Å². The van der Waals surface area contributed by atoms with Gasteiger partial charge in [0, 0.05) is 30.0 Å². The fraction of sp³-hybridized carbons (Fsp3) is 0.100. The standard InChI is InChI=1S/C10H11N3O2S/c1-16(14,15)10-12-6-7-13(10)9-4-2-8(11)3-5-9/h2-7H,11H2,1H3. The molecule has 5 nitrogen and oxygen atoms in total. The molecule has 2 aromatic rings. The fourth-order valence-corrected chi connectivity index (χ4v) is 2.17. The Morgan fingerprint density at radius 2 is 1.88 bits per heavy atom. The van der Waals surface area contributed by atoms with Crippen molar-refractivity contribution in [3.63, 3.8) is 0 Å². The predicted molar refractivity (Wildman–Crippen MR) is 61.1 cm³/mol. The molecule has 0 saturated heterocycles. The molecular weight excluding hydrogens is 226 g/mol. The Balaban J connectivity index is 2.58. The quantitative estimate of drug-likeness (QED) is 0.786. The molecule has 1 heterocycles. The van der Waals surface area contributed by atoms with Gasteiger partial charge in [-0.3, -0.25) is 4.57 Å². The van der Waals surface area contributed by atoms with Crippen molar-refractivity contribution in [3.05, 3.63) is 36.7 Å². The lowest BCUT2D eigenvalue weighted by molar-refractivity contribution is 0.590. The van der Waals surface area contributed by atoms with Crippen molar-refractivity contribution in [3.8, 4) is 5.69 Å². The zero-order valence-corrected chi connectivity index (χ0v) is 9.48. The summed E-state index contributed by atoms with van der Waals surface area (Å²) < 4.78 is 24.4. The van der Waals surface area contributed by atoms with Crippen molar-refractivity contribution < 1.29 is 8.42 Å². The van der Waals surface area contributed by atoms with E-state index in [1.165, 1.54) is 10.8 Å². The number of hydrogen-bond acceptors (Lipinski definition) is 4. The summed E-state index contributed by atoms with van der Waals surface area (Å²) in [5, 5.41) is 0.0253. The number of aromatic nitrogens is 2. The van der Waals surface area contributed by atoms with Crippen molar-refractivity contribution in [2.24, 2.45) is 0 Å². The number of benzene rings is 1. The molecular formula is C10H11N3O2S. The van der Waals surface area contributed by atoms with Gasteiger partial charge in [0.25, 0.3) is 0 Å². The fourth-order valence-electron chi connectivity index (χ4n) is 1.40. The van der Waals surface area contributed by atoms with Crippen molar-refractivity contribution in [2.75, 3.05) is 12.0 Å². The lowest BCUT2D eigenvalue weighted by Crippen LogP contribution is -2.07. The van der Waals surface area contributed by atoms with Crippen LogP contribution in [0.3, 0.4) is 0 Å². The van der Waals surface area contributed by atoms with Crippen LogP contribution >= 0.6 is 0 Å². The first-order chi connectivity index (χ1) is 7.48. The lowest BCUT2D eigenvalue weighted by Gasteiger charge is -2.06. The maximum absolute atomic E-state index is 11.4. The average molecular weight is 237 g/mol. The molecule has 0 spiro atoms. The molecule has 0 unspecified atom stereocenters. The van der Waals surface area contributed by atoms with Gasteiger partial charge in [-0.15, -0.1) is 0 Å². The van der Waals surface area contributed by atoms with Crippen LogP contribution in [0.1, 0.15) is 0 Å². The minimum Gasteiger partial charge on any atom is -0.399 e. The van der Waals surface area contributed by atoms with Crippen molar-refractivity contribution in [2.45, 2.75) is 5.16 Å². The van der Waals surface area contributed by atoms with Crippen LogP contribution in [0.15, 0.2) is 41.8 Å². The van der Waals surface area contributed by atoms with E-state index in [1.807, 2.05) is 0 Å². The van der Waals surface area contributed by atoms with Gasteiger partial charge in [-0.1, -0.05) is 0 Å². The summed E-state index contributed by atoms with van der Waals surface area (Å²) in [6.07, 6.45) is 4.18. The number of sulfone groups is 1. The van der Waals surface area contributed by atoms with E-state index in [2.05, 4.69) is 4.98 Å². The monoisotopic (exact) mass is 237 g/mol. The molecule has 2 rings (SSSR count). The number of nitrogens with zero attached hydrogens (tertiary/aromatic N) is 2. The maximum atomic E-state index is 11.4. The number of nitrogens with two attached hydrogens (primary N) is 1. The van der Waals surface area contributed by atoms with Crippen molar-refractivity contribution in [1.82, 2.24) is 9.55 Å². The highest BCUT2D eigenvalue weighted by atomic mass is 32.2. The van der Waals surface area contributed by atoms with E-state index in [9.17, 15) is 8.42 Å². The molecule has 0 saturated carbocycles. The third kappa shape index (κ3) is 1.92. The number of rotatable bonds is 2. The first-order valence-corrected chi connectivity index (χ1v) is 6.47. The van der Waals surface area contributed by atoms with E-state index in [4.69, 9.17) is 5.73 Å². The van der Waals surface area contributed by atoms with Gasteiger partial charge in [-0.05, 0) is 24.3 Å². The molecule has 0 amide bonds. The molecule has 0 radical (unpaired) electrons. The van der Waals surface area contributed by atoms with Gasteiger partial charge in [0.2, 0.25) is 15.0 Å². The molecule has 0 aliphatic rings.